The van der Waals surface area contributed by atoms with Crippen LogP contribution in [0, 0.1) is 0 Å². The first-order valence-electron chi connectivity index (χ1n) is 12.7. The summed E-state index contributed by atoms with van der Waals surface area (Å²) in [6, 6.07) is 10.6. The second-order valence-electron chi connectivity index (χ2n) is 9.67. The highest BCUT2D eigenvalue weighted by Crippen LogP contribution is 2.36. The fourth-order valence-corrected chi connectivity index (χ4v) is 5.62. The molecule has 2 saturated heterocycles. The number of aromatic carboxylic acids is 1. The Morgan fingerprint density at radius 1 is 1.05 bits per heavy atom. The number of benzene rings is 1. The zero-order valence-corrected chi connectivity index (χ0v) is 22.4. The van der Waals surface area contributed by atoms with Gasteiger partial charge in [-0.3, -0.25) is 4.79 Å². The third-order valence-electron chi connectivity index (χ3n) is 7.31. The van der Waals surface area contributed by atoms with Crippen molar-refractivity contribution in [1.29, 1.82) is 0 Å². The Kier molecular flexibility index (Phi) is 6.78. The summed E-state index contributed by atoms with van der Waals surface area (Å²) in [7, 11) is 0. The molecule has 1 N–H and O–H groups in total. The van der Waals surface area contributed by atoms with Crippen molar-refractivity contribution in [3.63, 3.8) is 0 Å². The van der Waals surface area contributed by atoms with Crippen LogP contribution in [0.5, 0.6) is 5.88 Å². The molecule has 0 saturated carbocycles. The Balaban J connectivity index is 1.43. The molecule has 3 aromatic heterocycles. The van der Waals surface area contributed by atoms with Gasteiger partial charge in [0.25, 0.3) is 0 Å². The maximum Gasteiger partial charge on any atom is 0.341 e. The molecule has 200 valence electrons. The first kappa shape index (κ1) is 25.5. The third kappa shape index (κ3) is 4.77. The second kappa shape index (κ2) is 10.4. The lowest BCUT2D eigenvalue weighted by atomic mass is 10.1. The zero-order chi connectivity index (χ0) is 27.1. The number of nitrogens with zero attached hydrogens (tertiary/aromatic N) is 5. The summed E-state index contributed by atoms with van der Waals surface area (Å²) in [5.74, 6) is -0.110. The van der Waals surface area contributed by atoms with Crippen molar-refractivity contribution in [2.45, 2.75) is 25.3 Å². The van der Waals surface area contributed by atoms with Gasteiger partial charge in [0.05, 0.1) is 28.0 Å². The molecule has 2 fully saturated rings. The lowest BCUT2D eigenvalue weighted by Crippen LogP contribution is -2.37. The Bertz CT molecular complexity index is 1640. The van der Waals surface area contributed by atoms with Crippen LogP contribution in [0.2, 0.25) is 10.0 Å². The van der Waals surface area contributed by atoms with Crippen molar-refractivity contribution in [3.05, 3.63) is 80.8 Å². The smallest absolute Gasteiger partial charge is 0.341 e. The molecule has 2 aliphatic rings. The molecular formula is C28H25Cl2N5O4. The van der Waals surface area contributed by atoms with Gasteiger partial charge in [0.1, 0.15) is 23.0 Å². The molecule has 5 heterocycles. The summed E-state index contributed by atoms with van der Waals surface area (Å²) in [4.78, 5) is 38.2. The van der Waals surface area contributed by atoms with Gasteiger partial charge >= 0.3 is 5.97 Å². The zero-order valence-electron chi connectivity index (χ0n) is 20.9. The number of ether oxygens (including phenoxy) is 1. The summed E-state index contributed by atoms with van der Waals surface area (Å²) in [5, 5.41) is 10.8. The topological polar surface area (TPSA) is 101 Å². The third-order valence-corrected chi connectivity index (χ3v) is 7.90. The van der Waals surface area contributed by atoms with Gasteiger partial charge < -0.3 is 24.2 Å². The molecule has 9 nitrogen and oxygen atoms in total. The van der Waals surface area contributed by atoms with Crippen LogP contribution in [0.4, 0.5) is 11.5 Å². The van der Waals surface area contributed by atoms with E-state index in [1.807, 2.05) is 12.1 Å². The minimum atomic E-state index is -1.29. The van der Waals surface area contributed by atoms with E-state index in [0.717, 1.165) is 50.4 Å². The van der Waals surface area contributed by atoms with E-state index < -0.39 is 11.4 Å². The highest BCUT2D eigenvalue weighted by Gasteiger charge is 2.29. The normalized spacial score (nSPS) is 16.9. The van der Waals surface area contributed by atoms with Crippen molar-refractivity contribution in [3.8, 4) is 11.6 Å². The summed E-state index contributed by atoms with van der Waals surface area (Å²) in [5.41, 5.74) is 1.11. The van der Waals surface area contributed by atoms with E-state index in [-0.39, 0.29) is 17.0 Å². The Labute approximate surface area is 234 Å². The summed E-state index contributed by atoms with van der Waals surface area (Å²) in [6.45, 7) is 2.95. The predicted molar refractivity (Wildman–Crippen MR) is 151 cm³/mol. The van der Waals surface area contributed by atoms with E-state index >= 15 is 0 Å². The number of halogens is 2. The summed E-state index contributed by atoms with van der Waals surface area (Å²) < 4.78 is 7.68. The molecule has 0 aliphatic carbocycles. The van der Waals surface area contributed by atoms with Gasteiger partial charge in [-0.1, -0.05) is 23.2 Å². The fourth-order valence-electron chi connectivity index (χ4n) is 5.17. The molecule has 39 heavy (non-hydrogen) atoms. The molecule has 1 aromatic carbocycles. The van der Waals surface area contributed by atoms with Crippen LogP contribution in [0.3, 0.4) is 0 Å². The molecule has 11 heteroatoms. The molecule has 0 amide bonds. The molecule has 4 aromatic rings. The number of carbonyl (C=O) groups is 1. The summed E-state index contributed by atoms with van der Waals surface area (Å²) >= 11 is 13.0. The van der Waals surface area contributed by atoms with Crippen molar-refractivity contribution in [2.75, 3.05) is 36.0 Å². The van der Waals surface area contributed by atoms with Gasteiger partial charge in [-0.05, 0) is 49.6 Å². The van der Waals surface area contributed by atoms with Crippen molar-refractivity contribution in [1.82, 2.24) is 14.5 Å². The Morgan fingerprint density at radius 3 is 2.64 bits per heavy atom. The molecule has 0 spiro atoms. The van der Waals surface area contributed by atoms with E-state index in [1.165, 1.54) is 6.20 Å². The van der Waals surface area contributed by atoms with Crippen molar-refractivity contribution < 1.29 is 14.6 Å². The molecule has 1 atom stereocenters. The number of hydrogen-bond acceptors (Lipinski definition) is 7. The number of hydrogen-bond donors (Lipinski definition) is 1. The molecule has 0 unspecified atom stereocenters. The summed E-state index contributed by atoms with van der Waals surface area (Å²) in [6.07, 6.45) is 7.63. The van der Waals surface area contributed by atoms with Crippen molar-refractivity contribution >= 4 is 51.6 Å². The Hall–Kier alpha value is -3.82. The number of carboxylic acid groups (broad SMARTS) is 1. The quantitative estimate of drug-likeness (QED) is 0.332. The standard InChI is InChI=1S/C28H25Cl2N5O4/c29-21-5-1-7-32-27(21)39-16-18-4-2-11-34(18)24-14-23-19(13-22(24)30)26(36)20(28(37)38)15-35(23)17-6-8-31-25(12-17)33-9-3-10-33/h1,5-8,12-15,18H,2-4,9-11,16H2,(H,37,38)/t18-/m1/s1. The number of carboxylic acids is 1. The minimum Gasteiger partial charge on any atom is -0.477 e. The van der Waals surface area contributed by atoms with Crippen LogP contribution < -0.4 is 20.0 Å². The van der Waals surface area contributed by atoms with E-state index in [2.05, 4.69) is 19.8 Å². The SMILES string of the molecule is O=C(O)c1cn(-c2ccnc(N3CCC3)c2)c2cc(N3CCC[C@@H]3COc3ncccc3Cl)c(Cl)cc2c1=O. The largest absolute Gasteiger partial charge is 0.477 e. The van der Waals surface area contributed by atoms with Gasteiger partial charge in [-0.25, -0.2) is 14.8 Å². The number of rotatable bonds is 7. The number of pyridine rings is 3. The molecule has 0 bridgehead atoms. The van der Waals surface area contributed by atoms with E-state index in [1.54, 1.807) is 41.2 Å². The van der Waals surface area contributed by atoms with Crippen LogP contribution in [-0.4, -0.2) is 57.9 Å². The highest BCUT2D eigenvalue weighted by atomic mass is 35.5. The Morgan fingerprint density at radius 2 is 1.90 bits per heavy atom. The average Bonchev–Trinajstić information content (AvgIpc) is 3.36. The van der Waals surface area contributed by atoms with Gasteiger partial charge in [0.15, 0.2) is 0 Å². The maximum absolute atomic E-state index is 13.2. The van der Waals surface area contributed by atoms with Crippen LogP contribution in [-0.2, 0) is 0 Å². The molecular weight excluding hydrogens is 541 g/mol. The lowest BCUT2D eigenvalue weighted by Gasteiger charge is -2.32. The van der Waals surface area contributed by atoms with Crippen LogP contribution in [0.25, 0.3) is 16.6 Å². The maximum atomic E-state index is 13.2. The van der Waals surface area contributed by atoms with E-state index in [4.69, 9.17) is 27.9 Å². The number of aromatic nitrogens is 3. The van der Waals surface area contributed by atoms with Crippen molar-refractivity contribution in [2.24, 2.45) is 0 Å². The molecule has 2 aliphatic heterocycles. The molecule has 0 radical (unpaired) electrons. The first-order chi connectivity index (χ1) is 18.9. The highest BCUT2D eigenvalue weighted by molar-refractivity contribution is 6.34. The van der Waals surface area contributed by atoms with Crippen LogP contribution >= 0.6 is 23.2 Å². The van der Waals surface area contributed by atoms with Gasteiger partial charge in [-0.2, -0.15) is 0 Å². The fraction of sp³-hybridized carbons (Fsp3) is 0.286. The second-order valence-corrected chi connectivity index (χ2v) is 10.5. The first-order valence-corrected chi connectivity index (χ1v) is 13.5. The average molecular weight is 566 g/mol. The van der Waals surface area contributed by atoms with Gasteiger partial charge in [0, 0.05) is 49.7 Å². The number of fused-ring (bicyclic) bond motifs is 1. The van der Waals surface area contributed by atoms with Crippen LogP contribution in [0.15, 0.2) is 59.8 Å². The minimum absolute atomic E-state index is 0.00966. The predicted octanol–water partition coefficient (Wildman–Crippen LogP) is 5.04. The monoisotopic (exact) mass is 565 g/mol. The molecule has 6 rings (SSSR count). The lowest BCUT2D eigenvalue weighted by molar-refractivity contribution is 0.0695. The number of anilines is 2. The van der Waals surface area contributed by atoms with Crippen LogP contribution in [0.1, 0.15) is 29.6 Å². The van der Waals surface area contributed by atoms with E-state index in [9.17, 15) is 14.7 Å². The van der Waals surface area contributed by atoms with E-state index in [0.29, 0.717) is 33.7 Å². The van der Waals surface area contributed by atoms with Gasteiger partial charge in [0.2, 0.25) is 11.3 Å². The van der Waals surface area contributed by atoms with Gasteiger partial charge in [-0.15, -0.1) is 0 Å².